The number of halogens is 2. The third-order valence-corrected chi connectivity index (χ3v) is 6.98. The normalized spacial score (nSPS) is 11.8. The number of rotatable bonds is 11. The van der Waals surface area contributed by atoms with Gasteiger partial charge in [0.25, 0.3) is 0 Å². The summed E-state index contributed by atoms with van der Waals surface area (Å²) >= 11 is 6.48. The van der Waals surface area contributed by atoms with Crippen LogP contribution in [0.25, 0.3) is 22.2 Å². The van der Waals surface area contributed by atoms with Crippen LogP contribution in [0.1, 0.15) is 30.7 Å². The number of hydrogen-bond donors (Lipinski definition) is 2. The summed E-state index contributed by atoms with van der Waals surface area (Å²) in [5, 5.41) is 8.77. The van der Waals surface area contributed by atoms with Gasteiger partial charge in [-0.2, -0.15) is 8.42 Å². The van der Waals surface area contributed by atoms with Gasteiger partial charge < -0.3 is 19.8 Å². The van der Waals surface area contributed by atoms with Crippen molar-refractivity contribution in [1.29, 1.82) is 0 Å². The predicted molar refractivity (Wildman–Crippen MR) is 159 cm³/mol. The van der Waals surface area contributed by atoms with E-state index >= 15 is 0 Å². The Balaban J connectivity index is 1.37. The van der Waals surface area contributed by atoms with Crippen molar-refractivity contribution in [2.45, 2.75) is 26.0 Å². The first kappa shape index (κ1) is 28.3. The molecular weight excluding hydrogens is 567 g/mol. The Hall–Kier alpha value is -4.25. The topological polar surface area (TPSA) is 106 Å². The molecule has 0 amide bonds. The lowest BCUT2D eigenvalue weighted by atomic mass is 10.1. The second kappa shape index (κ2) is 12.9. The summed E-state index contributed by atoms with van der Waals surface area (Å²) in [5.74, 6) is 1.77. The summed E-state index contributed by atoms with van der Waals surface area (Å²) in [6, 6.07) is 20.1. The summed E-state index contributed by atoms with van der Waals surface area (Å²) in [7, 11) is -2.34. The van der Waals surface area contributed by atoms with Gasteiger partial charge >= 0.3 is 0 Å². The fourth-order valence-electron chi connectivity index (χ4n) is 4.23. The smallest absolute Gasteiger partial charge is 0.212 e. The fourth-order valence-corrected chi connectivity index (χ4v) is 4.92. The minimum absolute atomic E-state index is 0.181. The number of hydrogen-bond acceptors (Lipinski definition) is 8. The van der Waals surface area contributed by atoms with Crippen molar-refractivity contribution < 1.29 is 22.0 Å². The monoisotopic (exact) mass is 592 g/mol. The van der Waals surface area contributed by atoms with Crippen LogP contribution in [0.3, 0.4) is 0 Å². The molecule has 2 heterocycles. The van der Waals surface area contributed by atoms with E-state index in [4.69, 9.17) is 20.8 Å². The molecule has 0 radical (unpaired) electrons. The Morgan fingerprint density at radius 1 is 1.07 bits per heavy atom. The SMILES string of the molecule is CCCNC(C=S(=O)=O)c1ccc(-c2ccc3ncnc(Nc4ccc(OCc5cccc(F)c5)c(Cl)c4)c3c2)o1. The molecule has 0 bridgehead atoms. The number of nitrogens with zero attached hydrogens (tertiary/aromatic N) is 2. The number of ether oxygens (including phenoxy) is 1. The standard InChI is InChI=1S/C30H26ClFN4O4S/c1-2-12-33-26(17-41(37)38)29-11-10-27(40-29)20-6-8-25-23(14-20)30(35-18-34-25)36-22-7-9-28(24(31)15-22)39-16-19-4-3-5-21(32)13-19/h3-11,13-15,17-18,26,33H,2,12,16H2,1H3,(H,34,35,36). The predicted octanol–water partition coefficient (Wildman–Crippen LogP) is 6.73. The molecule has 0 aliphatic rings. The van der Waals surface area contributed by atoms with E-state index in [0.717, 1.165) is 22.9 Å². The van der Waals surface area contributed by atoms with Crippen LogP contribution in [-0.2, 0) is 16.9 Å². The molecule has 2 aromatic heterocycles. The minimum atomic E-state index is -2.34. The van der Waals surface area contributed by atoms with Gasteiger partial charge in [0.2, 0.25) is 10.3 Å². The molecule has 0 aliphatic heterocycles. The Labute approximate surface area is 242 Å². The lowest BCUT2D eigenvalue weighted by Gasteiger charge is -2.12. The zero-order chi connectivity index (χ0) is 28.8. The maximum Gasteiger partial charge on any atom is 0.212 e. The molecule has 5 aromatic rings. The second-order valence-corrected chi connectivity index (χ2v) is 10.4. The fraction of sp³-hybridized carbons (Fsp3) is 0.167. The van der Waals surface area contributed by atoms with E-state index in [-0.39, 0.29) is 12.4 Å². The first-order chi connectivity index (χ1) is 19.9. The summed E-state index contributed by atoms with van der Waals surface area (Å²) in [6.45, 7) is 2.82. The lowest BCUT2D eigenvalue weighted by molar-refractivity contribution is 0.306. The van der Waals surface area contributed by atoms with Crippen LogP contribution >= 0.6 is 11.6 Å². The van der Waals surface area contributed by atoms with Crippen molar-refractivity contribution in [2.75, 3.05) is 11.9 Å². The van der Waals surface area contributed by atoms with Crippen LogP contribution in [-0.4, -0.2) is 30.3 Å². The second-order valence-electron chi connectivity index (χ2n) is 9.17. The first-order valence-corrected chi connectivity index (χ1v) is 14.4. The number of aromatic nitrogens is 2. The van der Waals surface area contributed by atoms with Crippen molar-refractivity contribution in [3.8, 4) is 17.1 Å². The average Bonchev–Trinajstić information content (AvgIpc) is 3.45. The lowest BCUT2D eigenvalue weighted by Crippen LogP contribution is -2.23. The zero-order valence-corrected chi connectivity index (χ0v) is 23.5. The first-order valence-electron chi connectivity index (χ1n) is 12.8. The van der Waals surface area contributed by atoms with E-state index in [0.29, 0.717) is 45.9 Å². The molecule has 0 saturated carbocycles. The number of benzene rings is 3. The summed E-state index contributed by atoms with van der Waals surface area (Å²) in [4.78, 5) is 8.80. The van der Waals surface area contributed by atoms with Gasteiger partial charge in [0.15, 0.2) is 0 Å². The molecule has 2 N–H and O–H groups in total. The molecule has 1 unspecified atom stereocenters. The van der Waals surface area contributed by atoms with E-state index < -0.39 is 16.3 Å². The van der Waals surface area contributed by atoms with Gasteiger partial charge in [0.05, 0.1) is 21.9 Å². The van der Waals surface area contributed by atoms with Crippen LogP contribution in [0, 0.1) is 5.82 Å². The van der Waals surface area contributed by atoms with Crippen molar-refractivity contribution in [3.63, 3.8) is 0 Å². The van der Waals surface area contributed by atoms with E-state index in [2.05, 4.69) is 20.6 Å². The molecule has 5 rings (SSSR count). The summed E-state index contributed by atoms with van der Waals surface area (Å²) < 4.78 is 47.9. The summed E-state index contributed by atoms with van der Waals surface area (Å²) in [5.41, 5.74) is 2.88. The maximum absolute atomic E-state index is 13.4. The number of furan rings is 1. The molecule has 8 nitrogen and oxygen atoms in total. The molecular formula is C30H26ClFN4O4S. The Morgan fingerprint density at radius 2 is 1.95 bits per heavy atom. The Morgan fingerprint density at radius 3 is 2.73 bits per heavy atom. The van der Waals surface area contributed by atoms with Gasteiger partial charge in [-0.25, -0.2) is 14.4 Å². The van der Waals surface area contributed by atoms with Crippen LogP contribution in [0.2, 0.25) is 5.02 Å². The average molecular weight is 593 g/mol. The molecule has 1 atom stereocenters. The van der Waals surface area contributed by atoms with Crippen LogP contribution in [0.5, 0.6) is 5.75 Å². The van der Waals surface area contributed by atoms with Crippen LogP contribution in [0.15, 0.2) is 83.5 Å². The van der Waals surface area contributed by atoms with Crippen molar-refractivity contribution in [3.05, 3.63) is 101 Å². The van der Waals surface area contributed by atoms with Gasteiger partial charge in [0.1, 0.15) is 41.8 Å². The van der Waals surface area contributed by atoms with E-state index in [1.54, 1.807) is 36.4 Å². The number of fused-ring (bicyclic) bond motifs is 1. The van der Waals surface area contributed by atoms with Crippen molar-refractivity contribution in [1.82, 2.24) is 15.3 Å². The number of nitrogens with one attached hydrogen (secondary N) is 2. The Bertz CT molecular complexity index is 1820. The highest BCUT2D eigenvalue weighted by molar-refractivity contribution is 7.71. The highest BCUT2D eigenvalue weighted by atomic mass is 35.5. The Kier molecular flexibility index (Phi) is 8.93. The van der Waals surface area contributed by atoms with Gasteiger partial charge in [-0.05, 0) is 79.2 Å². The van der Waals surface area contributed by atoms with Gasteiger partial charge in [-0.15, -0.1) is 0 Å². The van der Waals surface area contributed by atoms with Gasteiger partial charge in [-0.3, -0.25) is 0 Å². The molecule has 0 saturated heterocycles. The van der Waals surface area contributed by atoms with Crippen molar-refractivity contribution >= 4 is 49.7 Å². The van der Waals surface area contributed by atoms with Crippen LogP contribution in [0.4, 0.5) is 15.9 Å². The molecule has 0 fully saturated rings. The van der Waals surface area contributed by atoms with Crippen LogP contribution < -0.4 is 15.4 Å². The minimum Gasteiger partial charge on any atom is -0.487 e. The highest BCUT2D eigenvalue weighted by Crippen LogP contribution is 2.33. The molecule has 3 aromatic carbocycles. The molecule has 41 heavy (non-hydrogen) atoms. The van der Waals surface area contributed by atoms with E-state index in [1.807, 2.05) is 31.2 Å². The molecule has 210 valence electrons. The van der Waals surface area contributed by atoms with E-state index in [1.165, 1.54) is 23.8 Å². The van der Waals surface area contributed by atoms with E-state index in [9.17, 15) is 12.8 Å². The third kappa shape index (κ3) is 7.10. The molecule has 0 spiro atoms. The maximum atomic E-state index is 13.4. The van der Waals surface area contributed by atoms with Crippen molar-refractivity contribution in [2.24, 2.45) is 0 Å². The third-order valence-electron chi connectivity index (χ3n) is 6.19. The summed E-state index contributed by atoms with van der Waals surface area (Å²) in [6.07, 6.45) is 2.32. The quantitative estimate of drug-likeness (QED) is 0.163. The molecule has 0 aliphatic carbocycles. The van der Waals surface area contributed by atoms with Gasteiger partial charge in [-0.1, -0.05) is 30.7 Å². The largest absolute Gasteiger partial charge is 0.487 e. The zero-order valence-electron chi connectivity index (χ0n) is 22.0. The highest BCUT2D eigenvalue weighted by Gasteiger charge is 2.16. The number of anilines is 2. The molecule has 11 heteroatoms. The van der Waals surface area contributed by atoms with Gasteiger partial charge in [0, 0.05) is 16.6 Å².